The lowest BCUT2D eigenvalue weighted by atomic mass is 10.1. The summed E-state index contributed by atoms with van der Waals surface area (Å²) in [5, 5.41) is 8.66. The third-order valence-electron chi connectivity index (χ3n) is 5.03. The van der Waals surface area contributed by atoms with Gasteiger partial charge in [0.05, 0.1) is 23.1 Å². The van der Waals surface area contributed by atoms with Gasteiger partial charge >= 0.3 is 0 Å². The van der Waals surface area contributed by atoms with Crippen molar-refractivity contribution in [2.24, 2.45) is 0 Å². The summed E-state index contributed by atoms with van der Waals surface area (Å²) >= 11 is 1.78. The van der Waals surface area contributed by atoms with Crippen LogP contribution >= 0.6 is 11.3 Å². The number of nitrogens with one attached hydrogen (secondary N) is 2. The molecule has 30 heavy (non-hydrogen) atoms. The second kappa shape index (κ2) is 6.57. The Labute approximate surface area is 174 Å². The van der Waals surface area contributed by atoms with Crippen LogP contribution in [-0.4, -0.2) is 35.1 Å². The largest absolute Gasteiger partial charge is 0.338 e. The number of rotatable bonds is 3. The van der Waals surface area contributed by atoms with Gasteiger partial charge in [0, 0.05) is 39.3 Å². The van der Waals surface area contributed by atoms with Gasteiger partial charge in [-0.15, -0.1) is 11.3 Å². The number of H-pyrrole nitrogens is 2. The van der Waals surface area contributed by atoms with Gasteiger partial charge in [0.15, 0.2) is 0 Å². The summed E-state index contributed by atoms with van der Waals surface area (Å²) in [7, 11) is 0. The molecule has 0 spiro atoms. The molecule has 144 valence electrons. The number of thiophene rings is 1. The van der Waals surface area contributed by atoms with Crippen molar-refractivity contribution in [3.63, 3.8) is 0 Å². The van der Waals surface area contributed by atoms with E-state index in [0.717, 1.165) is 50.4 Å². The summed E-state index contributed by atoms with van der Waals surface area (Å²) in [5.41, 5.74) is 6.72. The van der Waals surface area contributed by atoms with Gasteiger partial charge in [-0.1, -0.05) is 0 Å². The number of aryl methyl sites for hydroxylation is 1. The van der Waals surface area contributed by atoms with Crippen molar-refractivity contribution in [3.8, 4) is 33.2 Å². The Morgan fingerprint density at radius 1 is 0.933 bits per heavy atom. The van der Waals surface area contributed by atoms with E-state index in [1.54, 1.807) is 29.9 Å². The SMILES string of the molecule is Cc1ccc(-c2ccnc3[nH]c(-c4n[nH]c5ccc(-c6cnccn6)nc45)cc23)s1. The Morgan fingerprint density at radius 2 is 1.90 bits per heavy atom. The van der Waals surface area contributed by atoms with Gasteiger partial charge < -0.3 is 4.98 Å². The summed E-state index contributed by atoms with van der Waals surface area (Å²) < 4.78 is 0. The van der Waals surface area contributed by atoms with Crippen LogP contribution in [-0.2, 0) is 0 Å². The molecule has 2 N–H and O–H groups in total. The molecule has 0 aromatic carbocycles. The van der Waals surface area contributed by atoms with Crippen molar-refractivity contribution in [1.29, 1.82) is 0 Å². The lowest BCUT2D eigenvalue weighted by molar-refractivity contribution is 1.12. The molecule has 0 bridgehead atoms. The first kappa shape index (κ1) is 17.0. The van der Waals surface area contributed by atoms with Crippen LogP contribution in [0.15, 0.2) is 61.2 Å². The highest BCUT2D eigenvalue weighted by atomic mass is 32.1. The lowest BCUT2D eigenvalue weighted by Gasteiger charge is -1.99. The standard InChI is InChI=1S/C22H15N7S/c1-12-2-5-19(30-12)13-6-7-25-22-14(13)10-17(27-22)21-20-16(28-29-21)4-3-15(26-20)18-11-23-8-9-24-18/h2-11H,1H3,(H,25,27)(H,28,29). The van der Waals surface area contributed by atoms with Gasteiger partial charge in [0.25, 0.3) is 0 Å². The fourth-order valence-corrected chi connectivity index (χ4v) is 4.52. The highest BCUT2D eigenvalue weighted by Crippen LogP contribution is 2.35. The maximum absolute atomic E-state index is 4.80. The average molecular weight is 409 g/mol. The first-order valence-corrected chi connectivity index (χ1v) is 10.2. The van der Waals surface area contributed by atoms with Crippen molar-refractivity contribution in [2.75, 3.05) is 0 Å². The Hall–Kier alpha value is -3.91. The minimum absolute atomic E-state index is 0.722. The first-order chi connectivity index (χ1) is 14.8. The molecule has 0 unspecified atom stereocenters. The van der Waals surface area contributed by atoms with E-state index < -0.39 is 0 Å². The third kappa shape index (κ3) is 2.69. The fourth-order valence-electron chi connectivity index (χ4n) is 3.61. The molecule has 0 aliphatic carbocycles. The molecule has 0 atom stereocenters. The van der Waals surface area contributed by atoms with Crippen molar-refractivity contribution in [3.05, 3.63) is 66.1 Å². The van der Waals surface area contributed by atoms with Crippen molar-refractivity contribution in [2.45, 2.75) is 6.92 Å². The Morgan fingerprint density at radius 3 is 2.73 bits per heavy atom. The predicted octanol–water partition coefficient (Wildman–Crippen LogP) is 5.00. The number of pyridine rings is 2. The topological polar surface area (TPSA) is 96.0 Å². The van der Waals surface area contributed by atoms with Crippen LogP contribution in [0.2, 0.25) is 0 Å². The van der Waals surface area contributed by atoms with Crippen LogP contribution in [0.4, 0.5) is 0 Å². The van der Waals surface area contributed by atoms with Crippen LogP contribution in [0.25, 0.3) is 55.3 Å². The highest BCUT2D eigenvalue weighted by Gasteiger charge is 2.16. The van der Waals surface area contributed by atoms with E-state index in [2.05, 4.69) is 61.3 Å². The van der Waals surface area contributed by atoms with Crippen molar-refractivity contribution in [1.82, 2.24) is 35.1 Å². The number of nitrogens with zero attached hydrogens (tertiary/aromatic N) is 5. The Bertz CT molecular complexity index is 1510. The molecule has 0 aliphatic rings. The third-order valence-corrected chi connectivity index (χ3v) is 6.06. The molecule has 6 rings (SSSR count). The highest BCUT2D eigenvalue weighted by molar-refractivity contribution is 7.15. The Kier molecular flexibility index (Phi) is 3.72. The van der Waals surface area contributed by atoms with Crippen molar-refractivity contribution >= 4 is 33.4 Å². The first-order valence-electron chi connectivity index (χ1n) is 9.43. The molecule has 6 aromatic heterocycles. The zero-order valence-corrected chi connectivity index (χ0v) is 16.7. The molecular weight excluding hydrogens is 394 g/mol. The van der Waals surface area contributed by atoms with E-state index >= 15 is 0 Å². The van der Waals surface area contributed by atoms with Crippen LogP contribution < -0.4 is 0 Å². The zero-order valence-electron chi connectivity index (χ0n) is 15.9. The van der Waals surface area contributed by atoms with Gasteiger partial charge in [-0.05, 0) is 43.3 Å². The summed E-state index contributed by atoms with van der Waals surface area (Å²) in [5.74, 6) is 0. The van der Waals surface area contributed by atoms with Gasteiger partial charge in [-0.25, -0.2) is 9.97 Å². The monoisotopic (exact) mass is 409 g/mol. The summed E-state index contributed by atoms with van der Waals surface area (Å²) in [6.07, 6.45) is 6.85. The van der Waals surface area contributed by atoms with Crippen LogP contribution in [0, 0.1) is 6.92 Å². The predicted molar refractivity (Wildman–Crippen MR) is 118 cm³/mol. The number of aromatic amines is 2. The number of fused-ring (bicyclic) bond motifs is 2. The normalized spacial score (nSPS) is 11.5. The van der Waals surface area contributed by atoms with E-state index in [1.807, 2.05) is 18.3 Å². The average Bonchev–Trinajstić information content (AvgIpc) is 3.51. The van der Waals surface area contributed by atoms with Crippen LogP contribution in [0.5, 0.6) is 0 Å². The zero-order chi connectivity index (χ0) is 20.1. The second-order valence-corrected chi connectivity index (χ2v) is 8.26. The molecule has 6 heterocycles. The molecular formula is C22H15N7S. The van der Waals surface area contributed by atoms with Crippen molar-refractivity contribution < 1.29 is 0 Å². The minimum Gasteiger partial charge on any atom is -0.338 e. The summed E-state index contributed by atoms with van der Waals surface area (Å²) in [6.45, 7) is 2.12. The van der Waals surface area contributed by atoms with Crippen LogP contribution in [0.1, 0.15) is 4.88 Å². The minimum atomic E-state index is 0.722. The molecule has 0 radical (unpaired) electrons. The van der Waals surface area contributed by atoms with E-state index in [-0.39, 0.29) is 0 Å². The molecule has 7 nitrogen and oxygen atoms in total. The van der Waals surface area contributed by atoms with Gasteiger partial charge in [-0.3, -0.25) is 15.1 Å². The molecule has 8 heteroatoms. The molecule has 0 aliphatic heterocycles. The summed E-state index contributed by atoms with van der Waals surface area (Å²) in [6, 6.07) is 12.3. The quantitative estimate of drug-likeness (QED) is 0.429. The molecule has 0 saturated heterocycles. The Balaban J connectivity index is 1.52. The van der Waals surface area contributed by atoms with Crippen LogP contribution in [0.3, 0.4) is 0 Å². The van der Waals surface area contributed by atoms with Gasteiger partial charge in [-0.2, -0.15) is 5.10 Å². The van der Waals surface area contributed by atoms with E-state index in [4.69, 9.17) is 4.98 Å². The maximum atomic E-state index is 4.80. The van der Waals surface area contributed by atoms with E-state index in [0.29, 0.717) is 0 Å². The van der Waals surface area contributed by atoms with Gasteiger partial charge in [0.1, 0.15) is 22.6 Å². The molecule has 0 fully saturated rings. The van der Waals surface area contributed by atoms with E-state index in [1.165, 1.54) is 9.75 Å². The number of aromatic nitrogens is 7. The van der Waals surface area contributed by atoms with Gasteiger partial charge in [0.2, 0.25) is 0 Å². The molecule has 0 saturated carbocycles. The molecule has 6 aromatic rings. The number of hydrogen-bond acceptors (Lipinski definition) is 6. The second-order valence-electron chi connectivity index (χ2n) is 6.97. The summed E-state index contributed by atoms with van der Waals surface area (Å²) in [4.78, 5) is 23.7. The van der Waals surface area contributed by atoms with E-state index in [9.17, 15) is 0 Å². The smallest absolute Gasteiger partial charge is 0.138 e. The molecule has 0 amide bonds. The maximum Gasteiger partial charge on any atom is 0.138 e. The lowest BCUT2D eigenvalue weighted by Crippen LogP contribution is -1.89. The fraction of sp³-hybridized carbons (Fsp3) is 0.0455. The number of hydrogen-bond donors (Lipinski definition) is 2.